The number of aryl methyl sites for hydroxylation is 4. The number of hydrogen-bond donors (Lipinski definition) is 2. The van der Waals surface area contributed by atoms with Crippen molar-refractivity contribution in [2.24, 2.45) is 10.8 Å². The first-order valence-electron chi connectivity index (χ1n) is 19.5. The Kier molecular flexibility index (Phi) is 13.7. The van der Waals surface area contributed by atoms with Crippen LogP contribution in [0, 0.1) is 38.5 Å². The Bertz CT molecular complexity index is 1410. The molecule has 2 aromatic carbocycles. The normalized spacial score (nSPS) is 17.8. The number of hydrogen-bond acceptors (Lipinski definition) is 8. The minimum atomic E-state index is -0.636. The molecule has 2 aliphatic rings. The summed E-state index contributed by atoms with van der Waals surface area (Å²) >= 11 is 0. The Morgan fingerprint density at radius 2 is 0.849 bits per heavy atom. The predicted octanol–water partition coefficient (Wildman–Crippen LogP) is 5.11. The molecule has 0 bridgehead atoms. The summed E-state index contributed by atoms with van der Waals surface area (Å²) in [6.45, 7) is 31.6. The maximum absolute atomic E-state index is 12.6. The number of carbonyl (C=O) groups excluding carboxylic acids is 2. The van der Waals surface area contributed by atoms with E-state index in [1.807, 2.05) is 51.3 Å². The summed E-state index contributed by atoms with van der Waals surface area (Å²) in [5, 5.41) is 21.7. The smallest absolute Gasteiger partial charge is 0.228 e. The highest BCUT2D eigenvalue weighted by molar-refractivity contribution is 5.82. The van der Waals surface area contributed by atoms with Crippen LogP contribution in [0.2, 0.25) is 0 Å². The molecular weight excluding hydrogens is 668 g/mol. The molecule has 2 unspecified atom stereocenters. The molecule has 53 heavy (non-hydrogen) atoms. The van der Waals surface area contributed by atoms with Crippen LogP contribution >= 0.6 is 0 Å². The van der Waals surface area contributed by atoms with Crippen LogP contribution in [0.25, 0.3) is 0 Å². The van der Waals surface area contributed by atoms with E-state index in [9.17, 15) is 19.8 Å². The van der Waals surface area contributed by atoms with Crippen molar-refractivity contribution in [2.45, 2.75) is 101 Å². The van der Waals surface area contributed by atoms with Crippen LogP contribution in [0.5, 0.6) is 11.5 Å². The van der Waals surface area contributed by atoms with Gasteiger partial charge in [-0.3, -0.25) is 19.4 Å². The van der Waals surface area contributed by atoms with E-state index in [-0.39, 0.29) is 41.3 Å². The molecule has 0 radical (unpaired) electrons. The molecule has 2 fully saturated rings. The molecule has 0 spiro atoms. The summed E-state index contributed by atoms with van der Waals surface area (Å²) < 4.78 is 12.5. The summed E-state index contributed by atoms with van der Waals surface area (Å²) in [7, 11) is 0. The summed E-state index contributed by atoms with van der Waals surface area (Å²) in [6, 6.07) is 8.74. The molecule has 2 aliphatic heterocycles. The van der Waals surface area contributed by atoms with Gasteiger partial charge in [-0.05, 0) is 61.1 Å². The summed E-state index contributed by atoms with van der Waals surface area (Å²) in [5.41, 5.74) is 5.40. The third-order valence-electron chi connectivity index (χ3n) is 10.7. The Balaban J connectivity index is 1.31. The maximum Gasteiger partial charge on any atom is 0.228 e. The Hall–Kier alpha value is -3.18. The van der Waals surface area contributed by atoms with Gasteiger partial charge in [0.2, 0.25) is 11.8 Å². The molecule has 2 atom stereocenters. The van der Waals surface area contributed by atoms with Crippen molar-refractivity contribution in [1.29, 1.82) is 0 Å². The fraction of sp³-hybridized carbons (Fsp3) is 0.674. The van der Waals surface area contributed by atoms with Crippen molar-refractivity contribution in [1.82, 2.24) is 19.6 Å². The van der Waals surface area contributed by atoms with Crippen LogP contribution in [-0.4, -0.2) is 132 Å². The molecule has 4 rings (SSSR count). The van der Waals surface area contributed by atoms with Crippen molar-refractivity contribution in [3.8, 4) is 11.5 Å². The largest absolute Gasteiger partial charge is 0.490 e. The number of benzene rings is 2. The Labute approximate surface area is 319 Å². The van der Waals surface area contributed by atoms with Gasteiger partial charge in [0.25, 0.3) is 0 Å². The lowest BCUT2D eigenvalue weighted by atomic mass is 9.76. The number of β-amino-alcohol motifs (C(OH)–C–C–N with tert-alkyl or cyclic N) is 2. The van der Waals surface area contributed by atoms with Gasteiger partial charge in [0.1, 0.15) is 36.9 Å². The van der Waals surface area contributed by atoms with Gasteiger partial charge in [-0.2, -0.15) is 0 Å². The highest BCUT2D eigenvalue weighted by atomic mass is 16.5. The number of piperazine rings is 2. The van der Waals surface area contributed by atoms with Gasteiger partial charge in [0.05, 0.1) is 0 Å². The highest BCUT2D eigenvalue weighted by Crippen LogP contribution is 2.38. The van der Waals surface area contributed by atoms with Crippen LogP contribution in [0.1, 0.15) is 88.8 Å². The fourth-order valence-corrected chi connectivity index (χ4v) is 7.52. The molecule has 10 heteroatoms. The van der Waals surface area contributed by atoms with E-state index in [1.165, 1.54) is 11.1 Å². The molecule has 0 aromatic heterocycles. The van der Waals surface area contributed by atoms with Crippen molar-refractivity contribution in [3.63, 3.8) is 0 Å². The number of nitrogens with zero attached hydrogens (tertiary/aromatic N) is 4. The standard InChI is InChI=1S/C43H68N4O6/c1-29-21-33(22-30(2)37(29)52-27-35(48)25-44-13-17-46(18-14-44)39(50)41(5,6)7)43(11,12)34-23-31(3)38(32(4)24-34)53-28-36(49)26-45-15-19-47(20-16-45)40(51)42(8,9)10/h21-24,35-36,48-49H,13-20,25-28H2,1-12H3. The first-order chi connectivity index (χ1) is 24.6. The van der Waals surface area contributed by atoms with E-state index in [0.29, 0.717) is 39.3 Å². The number of ether oxygens (including phenoxy) is 2. The second kappa shape index (κ2) is 17.1. The van der Waals surface area contributed by atoms with Gasteiger partial charge in [-0.25, -0.2) is 0 Å². The van der Waals surface area contributed by atoms with Crippen LogP contribution in [0.3, 0.4) is 0 Å². The van der Waals surface area contributed by atoms with Gasteiger partial charge >= 0.3 is 0 Å². The second-order valence-electron chi connectivity index (χ2n) is 18.1. The maximum atomic E-state index is 12.6. The first-order valence-corrected chi connectivity index (χ1v) is 19.5. The zero-order chi connectivity index (χ0) is 39.5. The van der Waals surface area contributed by atoms with Crippen molar-refractivity contribution >= 4 is 11.8 Å². The summed E-state index contributed by atoms with van der Waals surface area (Å²) in [6.07, 6.45) is -1.27. The zero-order valence-electron chi connectivity index (χ0n) is 34.8. The summed E-state index contributed by atoms with van der Waals surface area (Å²) in [4.78, 5) is 33.5. The average molecular weight is 737 g/mol. The minimum Gasteiger partial charge on any atom is -0.490 e. The topological polar surface area (TPSA) is 106 Å². The first kappa shape index (κ1) is 42.6. The minimum absolute atomic E-state index is 0.177. The molecule has 2 heterocycles. The zero-order valence-corrected chi connectivity index (χ0v) is 34.8. The third kappa shape index (κ3) is 11.0. The van der Waals surface area contributed by atoms with E-state index in [2.05, 4.69) is 75.6 Å². The average Bonchev–Trinajstić information content (AvgIpc) is 3.06. The molecule has 2 saturated heterocycles. The third-order valence-corrected chi connectivity index (χ3v) is 10.7. The van der Waals surface area contributed by atoms with Crippen molar-refractivity contribution in [3.05, 3.63) is 57.6 Å². The number of amides is 2. The van der Waals surface area contributed by atoms with Crippen LogP contribution < -0.4 is 9.47 Å². The van der Waals surface area contributed by atoms with Crippen LogP contribution in [0.4, 0.5) is 0 Å². The van der Waals surface area contributed by atoms with Crippen molar-refractivity contribution < 1.29 is 29.3 Å². The molecule has 0 saturated carbocycles. The highest BCUT2D eigenvalue weighted by Gasteiger charge is 2.32. The fourth-order valence-electron chi connectivity index (χ4n) is 7.52. The van der Waals surface area contributed by atoms with E-state index >= 15 is 0 Å². The van der Waals surface area contributed by atoms with E-state index in [4.69, 9.17) is 9.47 Å². The number of carbonyl (C=O) groups is 2. The molecule has 2 N–H and O–H groups in total. The molecular formula is C43H68N4O6. The molecule has 2 aromatic rings. The van der Waals surface area contributed by atoms with Crippen LogP contribution in [-0.2, 0) is 15.0 Å². The quantitative estimate of drug-likeness (QED) is 0.310. The van der Waals surface area contributed by atoms with Crippen LogP contribution in [0.15, 0.2) is 24.3 Å². The SMILES string of the molecule is Cc1cc(C(C)(C)c2cc(C)c(OCC(O)CN3CCN(C(=O)C(C)(C)C)CC3)c(C)c2)cc(C)c1OCC(O)CN1CCN(C(=O)C(C)(C)C)CC1. The molecule has 10 nitrogen and oxygen atoms in total. The lowest BCUT2D eigenvalue weighted by molar-refractivity contribution is -0.142. The predicted molar refractivity (Wildman–Crippen MR) is 212 cm³/mol. The van der Waals surface area contributed by atoms with E-state index in [0.717, 1.165) is 59.9 Å². The Morgan fingerprint density at radius 3 is 1.11 bits per heavy atom. The van der Waals surface area contributed by atoms with E-state index < -0.39 is 12.2 Å². The van der Waals surface area contributed by atoms with E-state index in [1.54, 1.807) is 0 Å². The lowest BCUT2D eigenvalue weighted by Crippen LogP contribution is -2.53. The summed E-state index contributed by atoms with van der Waals surface area (Å²) in [5.74, 6) is 1.96. The van der Waals surface area contributed by atoms with Gasteiger partial charge in [0.15, 0.2) is 0 Å². The van der Waals surface area contributed by atoms with Gasteiger partial charge in [-0.1, -0.05) is 79.7 Å². The van der Waals surface area contributed by atoms with Gasteiger partial charge in [-0.15, -0.1) is 0 Å². The number of rotatable bonds is 12. The van der Waals surface area contributed by atoms with Gasteiger partial charge in [0, 0.05) is 81.7 Å². The lowest BCUT2D eigenvalue weighted by Gasteiger charge is -2.38. The number of aliphatic hydroxyl groups excluding tert-OH is 2. The molecule has 2 amide bonds. The molecule has 0 aliphatic carbocycles. The van der Waals surface area contributed by atoms with Gasteiger partial charge < -0.3 is 29.5 Å². The number of aliphatic hydroxyl groups is 2. The molecule has 296 valence electrons. The monoisotopic (exact) mass is 737 g/mol. The Morgan fingerprint density at radius 1 is 0.566 bits per heavy atom. The van der Waals surface area contributed by atoms with Crippen molar-refractivity contribution in [2.75, 3.05) is 78.7 Å². The second-order valence-corrected chi connectivity index (χ2v) is 18.1.